The zero-order valence-electron chi connectivity index (χ0n) is 14.0. The second kappa shape index (κ2) is 9.93. The van der Waals surface area contributed by atoms with Crippen molar-refractivity contribution in [2.75, 3.05) is 18.4 Å². The number of amides is 1. The molecule has 1 heterocycles. The Morgan fingerprint density at radius 2 is 2.04 bits per heavy atom. The van der Waals surface area contributed by atoms with Gasteiger partial charge in [0.1, 0.15) is 5.69 Å². The van der Waals surface area contributed by atoms with E-state index in [0.717, 1.165) is 42.9 Å². The van der Waals surface area contributed by atoms with E-state index in [1.165, 1.54) is 5.56 Å². The number of halogens is 1. The highest BCUT2D eigenvalue weighted by Crippen LogP contribution is 2.12. The minimum Gasteiger partial charge on any atom is -0.385 e. The first kappa shape index (κ1) is 18.3. The molecule has 0 saturated heterocycles. The van der Waals surface area contributed by atoms with Crippen LogP contribution in [0, 0.1) is 0 Å². The highest BCUT2D eigenvalue weighted by molar-refractivity contribution is 6.30. The summed E-state index contributed by atoms with van der Waals surface area (Å²) in [6, 6.07) is 11.5. The van der Waals surface area contributed by atoms with Crippen molar-refractivity contribution in [2.24, 2.45) is 0 Å². The van der Waals surface area contributed by atoms with Crippen molar-refractivity contribution in [3.8, 4) is 0 Å². The monoisotopic (exact) mass is 345 g/mol. The fraction of sp³-hybridized carbons (Fsp3) is 0.368. The molecule has 2 N–H and O–H groups in total. The lowest BCUT2D eigenvalue weighted by Crippen LogP contribution is -2.25. The Morgan fingerprint density at radius 1 is 1.17 bits per heavy atom. The Labute approximate surface area is 148 Å². The van der Waals surface area contributed by atoms with Crippen molar-refractivity contribution < 1.29 is 4.79 Å². The van der Waals surface area contributed by atoms with E-state index < -0.39 is 0 Å². The topological polar surface area (TPSA) is 54.0 Å². The van der Waals surface area contributed by atoms with Crippen molar-refractivity contribution >= 4 is 23.2 Å². The minimum atomic E-state index is -0.121. The summed E-state index contributed by atoms with van der Waals surface area (Å²) in [5.74, 6) is -0.121. The first-order chi connectivity index (χ1) is 11.7. The maximum Gasteiger partial charge on any atom is 0.269 e. The van der Waals surface area contributed by atoms with Gasteiger partial charge in [0.15, 0.2) is 0 Å². The molecule has 0 saturated carbocycles. The second-order valence-corrected chi connectivity index (χ2v) is 6.14. The third kappa shape index (κ3) is 6.20. The number of benzene rings is 1. The van der Waals surface area contributed by atoms with Gasteiger partial charge in [-0.05, 0) is 42.7 Å². The van der Waals surface area contributed by atoms with Crippen LogP contribution in [0.1, 0.15) is 42.2 Å². The maximum absolute atomic E-state index is 12.1. The average Bonchev–Trinajstić information content (AvgIpc) is 2.59. The number of hydrogen-bond acceptors (Lipinski definition) is 3. The van der Waals surface area contributed by atoms with Gasteiger partial charge in [0.2, 0.25) is 0 Å². The summed E-state index contributed by atoms with van der Waals surface area (Å²) in [5, 5.41) is 6.98. The van der Waals surface area contributed by atoms with Crippen LogP contribution in [-0.4, -0.2) is 24.0 Å². The van der Waals surface area contributed by atoms with E-state index in [1.807, 2.05) is 24.3 Å². The summed E-state index contributed by atoms with van der Waals surface area (Å²) >= 11 is 5.98. The fourth-order valence-electron chi connectivity index (χ4n) is 2.38. The number of carbonyl (C=O) groups excluding carboxylic acids is 1. The Balaban J connectivity index is 1.82. The molecule has 0 radical (unpaired) electrons. The molecule has 2 rings (SSSR count). The first-order valence-corrected chi connectivity index (χ1v) is 8.79. The normalized spacial score (nSPS) is 10.4. The van der Waals surface area contributed by atoms with Crippen LogP contribution in [0.5, 0.6) is 0 Å². The lowest BCUT2D eigenvalue weighted by Gasteiger charge is -2.09. The van der Waals surface area contributed by atoms with Crippen LogP contribution in [0.3, 0.4) is 0 Å². The van der Waals surface area contributed by atoms with Crippen LogP contribution in [0.15, 0.2) is 42.6 Å². The number of carbonyl (C=O) groups is 1. The van der Waals surface area contributed by atoms with Crippen molar-refractivity contribution in [1.29, 1.82) is 0 Å². The molecule has 0 atom stereocenters. The van der Waals surface area contributed by atoms with E-state index in [2.05, 4.69) is 28.6 Å². The molecule has 5 heteroatoms. The Hall–Kier alpha value is -2.07. The molecule has 0 aliphatic carbocycles. The minimum absolute atomic E-state index is 0.121. The van der Waals surface area contributed by atoms with Crippen LogP contribution in [0.4, 0.5) is 5.69 Å². The summed E-state index contributed by atoms with van der Waals surface area (Å²) < 4.78 is 0. The van der Waals surface area contributed by atoms with Gasteiger partial charge < -0.3 is 10.6 Å². The second-order valence-electron chi connectivity index (χ2n) is 5.70. The van der Waals surface area contributed by atoms with Crippen LogP contribution in [-0.2, 0) is 6.42 Å². The highest BCUT2D eigenvalue weighted by Gasteiger charge is 2.07. The lowest BCUT2D eigenvalue weighted by atomic mass is 10.1. The summed E-state index contributed by atoms with van der Waals surface area (Å²) in [6.07, 6.45) is 5.78. The third-order valence-electron chi connectivity index (χ3n) is 3.69. The molecule has 1 amide bonds. The van der Waals surface area contributed by atoms with Gasteiger partial charge in [0.05, 0.1) is 0 Å². The number of nitrogens with one attached hydrogen (secondary N) is 2. The van der Waals surface area contributed by atoms with Gasteiger partial charge in [0, 0.05) is 30.0 Å². The summed E-state index contributed by atoms with van der Waals surface area (Å²) in [7, 11) is 0. The first-order valence-electron chi connectivity index (χ1n) is 8.41. The molecule has 4 nitrogen and oxygen atoms in total. The molecule has 128 valence electrons. The Kier molecular flexibility index (Phi) is 7.56. The van der Waals surface area contributed by atoms with E-state index in [0.29, 0.717) is 12.2 Å². The summed E-state index contributed by atoms with van der Waals surface area (Å²) in [4.78, 5) is 16.2. The van der Waals surface area contributed by atoms with Gasteiger partial charge in [-0.15, -0.1) is 0 Å². The van der Waals surface area contributed by atoms with Crippen LogP contribution in [0.2, 0.25) is 5.02 Å². The number of unbranched alkanes of at least 4 members (excludes halogenated alkanes) is 2. The van der Waals surface area contributed by atoms with Gasteiger partial charge >= 0.3 is 0 Å². The Bertz CT molecular complexity index is 661. The molecule has 0 aliphatic heterocycles. The largest absolute Gasteiger partial charge is 0.385 e. The smallest absolute Gasteiger partial charge is 0.269 e. The zero-order chi connectivity index (χ0) is 17.2. The standard InChI is InChI=1S/C19H24ClN3O/c1-2-3-4-10-23-19(24)18-14-17(9-12-22-18)21-11-8-15-6-5-7-16(20)13-15/h5-7,9,12-14H,2-4,8,10-11H2,1H3,(H,21,22)(H,23,24). The van der Waals surface area contributed by atoms with Gasteiger partial charge in [-0.1, -0.05) is 43.5 Å². The lowest BCUT2D eigenvalue weighted by molar-refractivity contribution is 0.0948. The SMILES string of the molecule is CCCCCNC(=O)c1cc(NCCc2cccc(Cl)c2)ccn1. The van der Waals surface area contributed by atoms with E-state index in [1.54, 1.807) is 12.3 Å². The molecule has 0 bridgehead atoms. The Morgan fingerprint density at radius 3 is 2.83 bits per heavy atom. The van der Waals surface area contributed by atoms with E-state index in [4.69, 9.17) is 11.6 Å². The average molecular weight is 346 g/mol. The van der Waals surface area contributed by atoms with E-state index in [9.17, 15) is 4.79 Å². The molecule has 0 unspecified atom stereocenters. The van der Waals surface area contributed by atoms with Crippen LogP contribution < -0.4 is 10.6 Å². The summed E-state index contributed by atoms with van der Waals surface area (Å²) in [6.45, 7) is 3.60. The molecule has 2 aromatic rings. The van der Waals surface area contributed by atoms with Gasteiger partial charge in [-0.3, -0.25) is 9.78 Å². The zero-order valence-corrected chi connectivity index (χ0v) is 14.8. The van der Waals surface area contributed by atoms with Crippen molar-refractivity contribution in [3.05, 3.63) is 58.9 Å². The molecule has 0 aliphatic rings. The highest BCUT2D eigenvalue weighted by atomic mass is 35.5. The molecule has 1 aromatic carbocycles. The maximum atomic E-state index is 12.1. The number of nitrogens with zero attached hydrogens (tertiary/aromatic N) is 1. The van der Waals surface area contributed by atoms with Crippen LogP contribution in [0.25, 0.3) is 0 Å². The molecule has 0 spiro atoms. The van der Waals surface area contributed by atoms with E-state index in [-0.39, 0.29) is 5.91 Å². The predicted molar refractivity (Wildman–Crippen MR) is 99.7 cm³/mol. The van der Waals surface area contributed by atoms with Crippen molar-refractivity contribution in [3.63, 3.8) is 0 Å². The van der Waals surface area contributed by atoms with E-state index >= 15 is 0 Å². The number of rotatable bonds is 9. The van der Waals surface area contributed by atoms with Crippen LogP contribution >= 0.6 is 11.6 Å². The van der Waals surface area contributed by atoms with Crippen molar-refractivity contribution in [1.82, 2.24) is 10.3 Å². The number of pyridine rings is 1. The molecule has 1 aromatic heterocycles. The molecular weight excluding hydrogens is 322 g/mol. The molecule has 0 fully saturated rings. The number of anilines is 1. The van der Waals surface area contributed by atoms with Gasteiger partial charge in [-0.2, -0.15) is 0 Å². The predicted octanol–water partition coefficient (Wildman–Crippen LogP) is 4.31. The number of aromatic nitrogens is 1. The third-order valence-corrected chi connectivity index (χ3v) is 3.93. The quantitative estimate of drug-likeness (QED) is 0.666. The van der Waals surface area contributed by atoms with Crippen molar-refractivity contribution in [2.45, 2.75) is 32.6 Å². The fourth-order valence-corrected chi connectivity index (χ4v) is 2.59. The molecule has 24 heavy (non-hydrogen) atoms. The molecular formula is C19H24ClN3O. The van der Waals surface area contributed by atoms with Gasteiger partial charge in [-0.25, -0.2) is 0 Å². The number of hydrogen-bond donors (Lipinski definition) is 2. The van der Waals surface area contributed by atoms with Gasteiger partial charge in [0.25, 0.3) is 5.91 Å². The summed E-state index contributed by atoms with van der Waals surface area (Å²) in [5.41, 5.74) is 2.52.